The first-order chi connectivity index (χ1) is 13.2. The summed E-state index contributed by atoms with van der Waals surface area (Å²) in [5.41, 5.74) is 0.860. The van der Waals surface area contributed by atoms with Crippen LogP contribution in [0.25, 0.3) is 0 Å². The number of nitrogens with zero attached hydrogens (tertiary/aromatic N) is 4. The molecule has 0 spiro atoms. The van der Waals surface area contributed by atoms with Crippen LogP contribution in [0.15, 0.2) is 53.5 Å². The summed E-state index contributed by atoms with van der Waals surface area (Å²) < 4.78 is 19.8. The Kier molecular flexibility index (Phi) is 4.91. The molecule has 1 atom stereocenters. The van der Waals surface area contributed by atoms with Crippen molar-refractivity contribution in [1.29, 1.82) is 0 Å². The fraction of sp³-hybridized carbons (Fsp3) is 0.300. The van der Waals surface area contributed by atoms with E-state index in [0.717, 1.165) is 19.3 Å². The largest absolute Gasteiger partial charge is 0.443 e. The van der Waals surface area contributed by atoms with Crippen LogP contribution in [-0.4, -0.2) is 32.3 Å². The molecule has 4 rings (SSSR count). The molecule has 1 saturated heterocycles. The van der Waals surface area contributed by atoms with Crippen LogP contribution in [0.2, 0.25) is 0 Å². The molecule has 7 heteroatoms. The van der Waals surface area contributed by atoms with E-state index < -0.39 is 0 Å². The van der Waals surface area contributed by atoms with E-state index >= 15 is 0 Å². The van der Waals surface area contributed by atoms with Crippen molar-refractivity contribution in [3.63, 3.8) is 0 Å². The first kappa shape index (κ1) is 17.3. The van der Waals surface area contributed by atoms with E-state index in [-0.39, 0.29) is 17.8 Å². The molecule has 1 fully saturated rings. The van der Waals surface area contributed by atoms with Crippen molar-refractivity contribution in [2.45, 2.75) is 31.7 Å². The summed E-state index contributed by atoms with van der Waals surface area (Å²) in [6.45, 7) is 0.616. The highest BCUT2D eigenvalue weighted by molar-refractivity contribution is 5.92. The van der Waals surface area contributed by atoms with Gasteiger partial charge in [-0.3, -0.25) is 9.78 Å². The Morgan fingerprint density at radius 1 is 1.19 bits per heavy atom. The summed E-state index contributed by atoms with van der Waals surface area (Å²) in [5, 5.41) is 0. The number of carbonyl (C=O) groups is 1. The van der Waals surface area contributed by atoms with Crippen LogP contribution < -0.4 is 0 Å². The topological polar surface area (TPSA) is 72.1 Å². The zero-order valence-electron chi connectivity index (χ0n) is 14.7. The molecule has 3 aromatic rings. The maximum atomic E-state index is 13.9. The Labute approximate surface area is 156 Å². The number of piperidine rings is 1. The quantitative estimate of drug-likeness (QED) is 0.706. The Hall–Kier alpha value is -3.09. The van der Waals surface area contributed by atoms with Crippen LogP contribution in [0.1, 0.15) is 53.0 Å². The van der Waals surface area contributed by atoms with E-state index in [1.807, 2.05) is 0 Å². The third-order valence-electron chi connectivity index (χ3n) is 4.72. The SMILES string of the molecule is O=C(c1cnccn1)N1CCCCC1c1ncc(Cc2ccccc2F)o1. The number of carbonyl (C=O) groups excluding carboxylic acids is 1. The average molecular weight is 366 g/mol. The van der Waals surface area contributed by atoms with Gasteiger partial charge in [-0.05, 0) is 30.9 Å². The standard InChI is InChI=1S/C20H19FN4O2/c21-16-6-2-1-5-14(16)11-15-12-24-19(27-15)18-7-3-4-10-25(18)20(26)17-13-22-8-9-23-17/h1-2,5-6,8-9,12-13,18H,3-4,7,10-11H2. The zero-order valence-corrected chi connectivity index (χ0v) is 14.7. The molecule has 1 unspecified atom stereocenters. The number of likely N-dealkylation sites (tertiary alicyclic amines) is 1. The van der Waals surface area contributed by atoms with Crippen molar-refractivity contribution in [2.24, 2.45) is 0 Å². The normalized spacial score (nSPS) is 17.1. The summed E-state index contributed by atoms with van der Waals surface area (Å²) in [4.78, 5) is 27.0. The third-order valence-corrected chi connectivity index (χ3v) is 4.72. The van der Waals surface area contributed by atoms with Crippen molar-refractivity contribution in [2.75, 3.05) is 6.54 Å². The lowest BCUT2D eigenvalue weighted by Crippen LogP contribution is -2.39. The summed E-state index contributed by atoms with van der Waals surface area (Å²) in [6.07, 6.45) is 9.12. The number of oxazole rings is 1. The lowest BCUT2D eigenvalue weighted by Gasteiger charge is -2.33. The predicted molar refractivity (Wildman–Crippen MR) is 95.4 cm³/mol. The van der Waals surface area contributed by atoms with Crippen molar-refractivity contribution >= 4 is 5.91 Å². The Balaban J connectivity index is 1.55. The molecule has 1 amide bonds. The Bertz CT molecular complexity index is 928. The van der Waals surface area contributed by atoms with Gasteiger partial charge in [0.25, 0.3) is 5.91 Å². The lowest BCUT2D eigenvalue weighted by atomic mass is 10.0. The molecule has 0 aliphatic carbocycles. The molecule has 3 heterocycles. The van der Waals surface area contributed by atoms with Gasteiger partial charge in [-0.25, -0.2) is 14.4 Å². The third kappa shape index (κ3) is 3.72. The molecule has 1 aromatic carbocycles. The summed E-state index contributed by atoms with van der Waals surface area (Å²) in [5.74, 6) is 0.611. The highest BCUT2D eigenvalue weighted by atomic mass is 19.1. The van der Waals surface area contributed by atoms with Gasteiger partial charge in [-0.1, -0.05) is 18.2 Å². The molecule has 2 aromatic heterocycles. The number of hydrogen-bond acceptors (Lipinski definition) is 5. The van der Waals surface area contributed by atoms with E-state index in [1.165, 1.54) is 24.7 Å². The van der Waals surface area contributed by atoms with Crippen LogP contribution in [-0.2, 0) is 6.42 Å². The van der Waals surface area contributed by atoms with Gasteiger partial charge in [0.2, 0.25) is 5.89 Å². The number of aromatic nitrogens is 3. The summed E-state index contributed by atoms with van der Waals surface area (Å²) in [7, 11) is 0. The van der Waals surface area contributed by atoms with Crippen LogP contribution in [0, 0.1) is 5.82 Å². The molecule has 1 aliphatic rings. The fourth-order valence-electron chi connectivity index (χ4n) is 3.38. The summed E-state index contributed by atoms with van der Waals surface area (Å²) in [6, 6.07) is 6.35. The van der Waals surface area contributed by atoms with Crippen molar-refractivity contribution in [3.05, 3.63) is 77.8 Å². The predicted octanol–water partition coefficient (Wildman–Crippen LogP) is 3.56. The van der Waals surface area contributed by atoms with Gasteiger partial charge < -0.3 is 9.32 Å². The van der Waals surface area contributed by atoms with E-state index in [2.05, 4.69) is 15.0 Å². The molecular weight excluding hydrogens is 347 g/mol. The van der Waals surface area contributed by atoms with Gasteiger partial charge in [0, 0.05) is 25.4 Å². The van der Waals surface area contributed by atoms with E-state index in [9.17, 15) is 9.18 Å². The van der Waals surface area contributed by atoms with Gasteiger partial charge in [0.05, 0.1) is 12.4 Å². The maximum absolute atomic E-state index is 13.9. The van der Waals surface area contributed by atoms with E-state index in [0.29, 0.717) is 35.9 Å². The first-order valence-electron chi connectivity index (χ1n) is 8.97. The molecule has 138 valence electrons. The highest BCUT2D eigenvalue weighted by Gasteiger charge is 2.32. The minimum absolute atomic E-state index is 0.179. The molecule has 27 heavy (non-hydrogen) atoms. The molecule has 0 bridgehead atoms. The average Bonchev–Trinajstić information content (AvgIpc) is 3.18. The molecule has 0 saturated carbocycles. The number of amides is 1. The van der Waals surface area contributed by atoms with Crippen LogP contribution >= 0.6 is 0 Å². The zero-order chi connectivity index (χ0) is 18.6. The molecule has 0 N–H and O–H groups in total. The highest BCUT2D eigenvalue weighted by Crippen LogP contribution is 2.32. The second-order valence-corrected chi connectivity index (χ2v) is 6.53. The minimum Gasteiger partial charge on any atom is -0.443 e. The smallest absolute Gasteiger partial charge is 0.274 e. The number of hydrogen-bond donors (Lipinski definition) is 0. The lowest BCUT2D eigenvalue weighted by molar-refractivity contribution is 0.0563. The maximum Gasteiger partial charge on any atom is 0.274 e. The molecule has 1 aliphatic heterocycles. The monoisotopic (exact) mass is 366 g/mol. The van der Waals surface area contributed by atoms with E-state index in [4.69, 9.17) is 4.42 Å². The summed E-state index contributed by atoms with van der Waals surface area (Å²) >= 11 is 0. The Morgan fingerprint density at radius 2 is 2.07 bits per heavy atom. The van der Waals surface area contributed by atoms with Crippen LogP contribution in [0.4, 0.5) is 4.39 Å². The van der Waals surface area contributed by atoms with Gasteiger partial charge in [0.1, 0.15) is 23.3 Å². The second-order valence-electron chi connectivity index (χ2n) is 6.53. The van der Waals surface area contributed by atoms with Crippen molar-refractivity contribution in [1.82, 2.24) is 19.9 Å². The van der Waals surface area contributed by atoms with Gasteiger partial charge in [-0.2, -0.15) is 0 Å². The number of halogens is 1. The Morgan fingerprint density at radius 3 is 2.89 bits per heavy atom. The fourth-order valence-corrected chi connectivity index (χ4v) is 3.38. The molecule has 6 nitrogen and oxygen atoms in total. The molecule has 0 radical (unpaired) electrons. The van der Waals surface area contributed by atoms with E-state index in [1.54, 1.807) is 29.3 Å². The number of benzene rings is 1. The van der Waals surface area contributed by atoms with Gasteiger partial charge in [-0.15, -0.1) is 0 Å². The van der Waals surface area contributed by atoms with Crippen molar-refractivity contribution in [3.8, 4) is 0 Å². The van der Waals surface area contributed by atoms with Crippen LogP contribution in [0.3, 0.4) is 0 Å². The number of rotatable bonds is 4. The van der Waals surface area contributed by atoms with Gasteiger partial charge in [0.15, 0.2) is 0 Å². The van der Waals surface area contributed by atoms with Gasteiger partial charge >= 0.3 is 0 Å². The minimum atomic E-state index is -0.271. The first-order valence-corrected chi connectivity index (χ1v) is 8.97. The van der Waals surface area contributed by atoms with Crippen LogP contribution in [0.5, 0.6) is 0 Å². The van der Waals surface area contributed by atoms with Crippen molar-refractivity contribution < 1.29 is 13.6 Å². The second kappa shape index (κ2) is 7.65. The molecular formula is C20H19FN4O2.